The maximum Gasteiger partial charge on any atom is 0.254 e. The number of ether oxygens (including phenoxy) is 1. The standard InChI is InChI=1S/C29H32N2O4Si/c1-31(29(34)21-10-15-25-22(17-21)18-27(33)30-25)28(20-8-11-23(35-2)12-9-20)26(32)16-19-6-13-24(14-7-19)36(3,4)5/h6-15,17,28H,16,18H2,1-5H3,(H,30,33). The van der Waals surface area contributed by atoms with Gasteiger partial charge in [-0.1, -0.05) is 61.2 Å². The lowest BCUT2D eigenvalue weighted by atomic mass is 9.95. The Bertz CT molecular complexity index is 1290. The third-order valence-electron chi connectivity index (χ3n) is 6.62. The molecule has 1 unspecified atom stereocenters. The van der Waals surface area contributed by atoms with Crippen LogP contribution in [-0.2, 0) is 22.4 Å². The number of amides is 2. The van der Waals surface area contributed by atoms with Crippen LogP contribution in [0.5, 0.6) is 5.75 Å². The van der Waals surface area contributed by atoms with Gasteiger partial charge in [-0.25, -0.2) is 0 Å². The van der Waals surface area contributed by atoms with Crippen LogP contribution in [0.4, 0.5) is 5.69 Å². The van der Waals surface area contributed by atoms with E-state index in [1.165, 1.54) is 10.1 Å². The molecule has 1 aliphatic rings. The van der Waals surface area contributed by atoms with Gasteiger partial charge in [-0.2, -0.15) is 0 Å². The fourth-order valence-corrected chi connectivity index (χ4v) is 5.68. The van der Waals surface area contributed by atoms with Crippen molar-refractivity contribution in [2.75, 3.05) is 19.5 Å². The molecule has 2 amide bonds. The summed E-state index contributed by atoms with van der Waals surface area (Å²) in [5.41, 5.74) is 3.59. The molecule has 0 radical (unpaired) electrons. The SMILES string of the molecule is COc1ccc(C(C(=O)Cc2ccc([Si](C)(C)C)cc2)N(C)C(=O)c2ccc3c(c2)CC(=O)N3)cc1. The number of likely N-dealkylation sites (N-methyl/N-ethyl adjacent to an activating group) is 1. The number of ketones is 1. The topological polar surface area (TPSA) is 75.7 Å². The first-order chi connectivity index (χ1) is 17.1. The first-order valence-corrected chi connectivity index (χ1v) is 15.5. The van der Waals surface area contributed by atoms with Crippen molar-refractivity contribution in [2.24, 2.45) is 0 Å². The van der Waals surface area contributed by atoms with Crippen LogP contribution in [-0.4, -0.2) is 44.7 Å². The molecule has 6 nitrogen and oxygen atoms in total. The van der Waals surface area contributed by atoms with Crippen LogP contribution in [0.3, 0.4) is 0 Å². The average molecular weight is 501 g/mol. The van der Waals surface area contributed by atoms with E-state index in [1.807, 2.05) is 24.3 Å². The molecule has 0 fully saturated rings. The number of carbonyl (C=O) groups excluding carboxylic acids is 3. The number of carbonyl (C=O) groups is 3. The van der Waals surface area contributed by atoms with Gasteiger partial charge in [0.05, 0.1) is 21.6 Å². The fraction of sp³-hybridized carbons (Fsp3) is 0.276. The van der Waals surface area contributed by atoms with Gasteiger partial charge in [0.15, 0.2) is 5.78 Å². The minimum atomic E-state index is -1.44. The van der Waals surface area contributed by atoms with Crippen molar-refractivity contribution in [3.63, 3.8) is 0 Å². The van der Waals surface area contributed by atoms with E-state index in [-0.39, 0.29) is 30.4 Å². The average Bonchev–Trinajstić information content (AvgIpc) is 3.23. The minimum Gasteiger partial charge on any atom is -0.497 e. The summed E-state index contributed by atoms with van der Waals surface area (Å²) in [6.45, 7) is 6.87. The molecule has 4 rings (SSSR count). The number of fused-ring (bicyclic) bond motifs is 1. The van der Waals surface area contributed by atoms with Crippen LogP contribution in [0.25, 0.3) is 0 Å². The smallest absolute Gasteiger partial charge is 0.254 e. The molecule has 3 aromatic carbocycles. The number of benzene rings is 3. The first kappa shape index (κ1) is 25.4. The highest BCUT2D eigenvalue weighted by Crippen LogP contribution is 2.29. The van der Waals surface area contributed by atoms with E-state index in [0.717, 1.165) is 16.8 Å². The lowest BCUT2D eigenvalue weighted by Gasteiger charge is -2.28. The number of hydrogen-bond acceptors (Lipinski definition) is 4. The van der Waals surface area contributed by atoms with Crippen LogP contribution in [0.2, 0.25) is 19.6 Å². The van der Waals surface area contributed by atoms with Crippen LogP contribution in [0.15, 0.2) is 66.7 Å². The molecule has 186 valence electrons. The molecule has 36 heavy (non-hydrogen) atoms. The number of nitrogens with zero attached hydrogens (tertiary/aromatic N) is 1. The van der Waals surface area contributed by atoms with E-state index >= 15 is 0 Å². The Kier molecular flexibility index (Phi) is 7.13. The summed E-state index contributed by atoms with van der Waals surface area (Å²) in [5.74, 6) is 0.237. The normalized spacial score (nSPS) is 13.5. The van der Waals surface area contributed by atoms with E-state index in [2.05, 4.69) is 37.1 Å². The van der Waals surface area contributed by atoms with Crippen molar-refractivity contribution >= 4 is 36.5 Å². The van der Waals surface area contributed by atoms with Gasteiger partial charge < -0.3 is 15.0 Å². The van der Waals surface area contributed by atoms with Crippen molar-refractivity contribution in [3.05, 3.63) is 89.0 Å². The predicted octanol–water partition coefficient (Wildman–Crippen LogP) is 4.36. The van der Waals surface area contributed by atoms with E-state index < -0.39 is 14.1 Å². The Hall–Kier alpha value is -3.71. The quantitative estimate of drug-likeness (QED) is 0.467. The molecule has 1 heterocycles. The second kappa shape index (κ2) is 10.1. The van der Waals surface area contributed by atoms with Crippen molar-refractivity contribution in [3.8, 4) is 5.75 Å². The third-order valence-corrected chi connectivity index (χ3v) is 8.69. The van der Waals surface area contributed by atoms with Gasteiger partial charge >= 0.3 is 0 Å². The van der Waals surface area contributed by atoms with E-state index in [0.29, 0.717) is 16.9 Å². The zero-order valence-electron chi connectivity index (χ0n) is 21.4. The predicted molar refractivity (Wildman–Crippen MR) is 145 cm³/mol. The highest BCUT2D eigenvalue weighted by Gasteiger charge is 2.30. The Morgan fingerprint density at radius 1 is 1.00 bits per heavy atom. The number of rotatable bonds is 8. The lowest BCUT2D eigenvalue weighted by molar-refractivity contribution is -0.122. The summed E-state index contributed by atoms with van der Waals surface area (Å²) in [7, 11) is 1.80. The van der Waals surface area contributed by atoms with Gasteiger partial charge in [-0.05, 0) is 47.0 Å². The number of methoxy groups -OCH3 is 1. The van der Waals surface area contributed by atoms with Crippen molar-refractivity contribution < 1.29 is 19.1 Å². The molecular weight excluding hydrogens is 468 g/mol. The lowest BCUT2D eigenvalue weighted by Crippen LogP contribution is -2.38. The number of anilines is 1. The Labute approximate surface area is 213 Å². The molecule has 0 saturated heterocycles. The molecule has 0 bridgehead atoms. The molecule has 7 heteroatoms. The first-order valence-electron chi connectivity index (χ1n) is 12.0. The number of nitrogens with one attached hydrogen (secondary N) is 1. The second-order valence-corrected chi connectivity index (χ2v) is 15.4. The zero-order chi connectivity index (χ0) is 26.0. The van der Waals surface area contributed by atoms with Gasteiger partial charge in [-0.15, -0.1) is 0 Å². The summed E-state index contributed by atoms with van der Waals surface area (Å²) >= 11 is 0. The van der Waals surface area contributed by atoms with Gasteiger partial charge in [0, 0.05) is 24.7 Å². The minimum absolute atomic E-state index is 0.0743. The third kappa shape index (κ3) is 5.41. The molecule has 0 saturated carbocycles. The van der Waals surface area contributed by atoms with Gasteiger partial charge in [-0.3, -0.25) is 14.4 Å². The summed E-state index contributed by atoms with van der Waals surface area (Å²) in [6, 6.07) is 19.9. The van der Waals surface area contributed by atoms with Gasteiger partial charge in [0.1, 0.15) is 11.8 Å². The summed E-state index contributed by atoms with van der Waals surface area (Å²) in [6.07, 6.45) is 0.456. The Balaban J connectivity index is 1.63. The molecule has 1 atom stereocenters. The van der Waals surface area contributed by atoms with Gasteiger partial charge in [0.25, 0.3) is 5.91 Å². The van der Waals surface area contributed by atoms with Gasteiger partial charge in [0.2, 0.25) is 5.91 Å². The van der Waals surface area contributed by atoms with Crippen LogP contribution < -0.4 is 15.2 Å². The van der Waals surface area contributed by atoms with Crippen LogP contribution >= 0.6 is 0 Å². The molecule has 3 aromatic rings. The van der Waals surface area contributed by atoms with Crippen molar-refractivity contribution in [1.82, 2.24) is 4.90 Å². The maximum atomic E-state index is 13.7. The van der Waals surface area contributed by atoms with Crippen molar-refractivity contribution in [2.45, 2.75) is 38.5 Å². The van der Waals surface area contributed by atoms with E-state index in [9.17, 15) is 14.4 Å². The zero-order valence-corrected chi connectivity index (χ0v) is 22.4. The monoisotopic (exact) mass is 500 g/mol. The fourth-order valence-electron chi connectivity index (χ4n) is 4.52. The van der Waals surface area contributed by atoms with Crippen LogP contribution in [0.1, 0.15) is 33.1 Å². The number of hydrogen-bond donors (Lipinski definition) is 1. The largest absolute Gasteiger partial charge is 0.497 e. The summed E-state index contributed by atoms with van der Waals surface area (Å²) < 4.78 is 5.28. The van der Waals surface area contributed by atoms with Crippen molar-refractivity contribution in [1.29, 1.82) is 0 Å². The molecule has 0 spiro atoms. The Morgan fingerprint density at radius 3 is 2.28 bits per heavy atom. The molecule has 1 N–H and O–H groups in total. The van der Waals surface area contributed by atoms with E-state index in [1.54, 1.807) is 44.5 Å². The summed E-state index contributed by atoms with van der Waals surface area (Å²) in [4.78, 5) is 40.4. The van der Waals surface area contributed by atoms with E-state index in [4.69, 9.17) is 4.74 Å². The molecule has 0 aliphatic carbocycles. The van der Waals surface area contributed by atoms with Crippen LogP contribution in [0, 0.1) is 0 Å². The second-order valence-electron chi connectivity index (χ2n) is 10.3. The Morgan fingerprint density at radius 2 is 1.67 bits per heavy atom. The highest BCUT2D eigenvalue weighted by atomic mass is 28.3. The number of Topliss-reactive ketones (excluding diaryl/α,β-unsaturated/α-hetero) is 1. The summed E-state index contributed by atoms with van der Waals surface area (Å²) in [5, 5.41) is 4.12. The maximum absolute atomic E-state index is 13.7. The molecule has 0 aromatic heterocycles. The molecule has 1 aliphatic heterocycles. The molecular formula is C29H32N2O4Si. The highest BCUT2D eigenvalue weighted by molar-refractivity contribution is 6.88.